The van der Waals surface area contributed by atoms with E-state index >= 15 is 0 Å². The third-order valence-corrected chi connectivity index (χ3v) is 6.17. The number of carbonyl (C=O) groups is 3. The molecule has 2 fully saturated rings. The van der Waals surface area contributed by atoms with Crippen molar-refractivity contribution < 1.29 is 22.8 Å². The molecule has 0 bridgehead atoms. The Morgan fingerprint density at radius 2 is 1.71 bits per heavy atom. The van der Waals surface area contributed by atoms with E-state index in [0.29, 0.717) is 0 Å². The second-order valence-corrected chi connectivity index (χ2v) is 8.34. The zero-order valence-corrected chi connectivity index (χ0v) is 13.1. The lowest BCUT2D eigenvalue weighted by atomic mass is 10.2. The summed E-state index contributed by atoms with van der Waals surface area (Å²) in [4.78, 5) is 37.2. The summed E-state index contributed by atoms with van der Waals surface area (Å²) in [5.74, 6) is -0.868. The van der Waals surface area contributed by atoms with E-state index in [0.717, 1.165) is 4.90 Å². The predicted molar refractivity (Wildman–Crippen MR) is 74.9 cm³/mol. The Bertz CT molecular complexity index is 547. The summed E-state index contributed by atoms with van der Waals surface area (Å²) < 4.78 is 24.0. The zero-order valence-electron chi connectivity index (χ0n) is 12.2. The van der Waals surface area contributed by atoms with Crippen LogP contribution in [0.5, 0.6) is 0 Å². The van der Waals surface area contributed by atoms with Gasteiger partial charge in [0.05, 0.1) is 11.0 Å². The van der Waals surface area contributed by atoms with Gasteiger partial charge in [0.25, 0.3) is 0 Å². The number of carbonyl (C=O) groups excluding carboxylic acids is 3. The van der Waals surface area contributed by atoms with Crippen LogP contribution in [-0.4, -0.2) is 66.6 Å². The van der Waals surface area contributed by atoms with Crippen LogP contribution in [0.3, 0.4) is 0 Å². The Morgan fingerprint density at radius 3 is 2.19 bits per heavy atom. The SMILES string of the molecule is CC(C)CS(=O)(=O)C1CN(C(=O)CN2C(=O)CCC2=O)C1. The van der Waals surface area contributed by atoms with Gasteiger partial charge in [-0.15, -0.1) is 0 Å². The minimum atomic E-state index is -3.18. The van der Waals surface area contributed by atoms with Gasteiger partial charge in [-0.1, -0.05) is 13.8 Å². The molecule has 0 aromatic rings. The monoisotopic (exact) mass is 316 g/mol. The van der Waals surface area contributed by atoms with E-state index in [1.165, 1.54) is 4.90 Å². The van der Waals surface area contributed by atoms with Crippen molar-refractivity contribution in [1.29, 1.82) is 0 Å². The maximum absolute atomic E-state index is 12.0. The molecule has 0 atom stereocenters. The van der Waals surface area contributed by atoms with Crippen molar-refractivity contribution in [2.45, 2.75) is 31.9 Å². The number of likely N-dealkylation sites (tertiary alicyclic amines) is 2. The minimum Gasteiger partial charge on any atom is -0.338 e. The molecule has 0 aromatic heterocycles. The summed E-state index contributed by atoms with van der Waals surface area (Å²) in [5, 5.41) is -0.520. The van der Waals surface area contributed by atoms with E-state index in [9.17, 15) is 22.8 Å². The van der Waals surface area contributed by atoms with Crippen LogP contribution >= 0.6 is 0 Å². The summed E-state index contributed by atoms with van der Waals surface area (Å²) in [6.07, 6.45) is 0.301. The van der Waals surface area contributed by atoms with Gasteiger partial charge in [0.2, 0.25) is 17.7 Å². The Labute approximate surface area is 124 Å². The van der Waals surface area contributed by atoms with Crippen LogP contribution in [0.4, 0.5) is 0 Å². The predicted octanol–water partition coefficient (Wildman–Crippen LogP) is -0.583. The smallest absolute Gasteiger partial charge is 0.242 e. The number of nitrogens with zero attached hydrogens (tertiary/aromatic N) is 2. The van der Waals surface area contributed by atoms with Gasteiger partial charge in [0.15, 0.2) is 9.84 Å². The standard InChI is InChI=1S/C13H20N2O5S/c1-9(2)8-21(19,20)10-5-14(6-10)13(18)7-15-11(16)3-4-12(15)17/h9-10H,3-8H2,1-2H3. The second kappa shape index (κ2) is 5.75. The van der Waals surface area contributed by atoms with E-state index in [2.05, 4.69) is 0 Å². The highest BCUT2D eigenvalue weighted by molar-refractivity contribution is 7.92. The minimum absolute atomic E-state index is 0.0552. The normalized spacial score (nSPS) is 20.3. The first-order valence-corrected chi connectivity index (χ1v) is 8.75. The maximum Gasteiger partial charge on any atom is 0.242 e. The van der Waals surface area contributed by atoms with E-state index in [4.69, 9.17) is 0 Å². The van der Waals surface area contributed by atoms with Crippen molar-refractivity contribution >= 4 is 27.6 Å². The van der Waals surface area contributed by atoms with Gasteiger partial charge in [-0.2, -0.15) is 0 Å². The third-order valence-electron chi connectivity index (χ3n) is 3.72. The highest BCUT2D eigenvalue weighted by atomic mass is 32.2. The molecule has 21 heavy (non-hydrogen) atoms. The number of rotatable bonds is 5. The molecule has 2 heterocycles. The maximum atomic E-state index is 12.0. The van der Waals surface area contributed by atoms with Gasteiger partial charge in [-0.05, 0) is 5.92 Å². The lowest BCUT2D eigenvalue weighted by Crippen LogP contribution is -2.59. The molecule has 2 rings (SSSR count). The Morgan fingerprint density at radius 1 is 1.19 bits per heavy atom. The largest absolute Gasteiger partial charge is 0.338 e. The summed E-state index contributed by atoms with van der Waals surface area (Å²) in [6.45, 7) is 3.72. The first kappa shape index (κ1) is 15.9. The number of amides is 3. The lowest BCUT2D eigenvalue weighted by Gasteiger charge is -2.39. The van der Waals surface area contributed by atoms with Gasteiger partial charge in [-0.25, -0.2) is 8.42 Å². The van der Waals surface area contributed by atoms with Crippen molar-refractivity contribution in [3.8, 4) is 0 Å². The zero-order chi connectivity index (χ0) is 15.8. The van der Waals surface area contributed by atoms with Crippen molar-refractivity contribution in [2.75, 3.05) is 25.4 Å². The van der Waals surface area contributed by atoms with E-state index in [1.54, 1.807) is 0 Å². The quantitative estimate of drug-likeness (QED) is 0.633. The van der Waals surface area contributed by atoms with Crippen molar-refractivity contribution in [3.05, 3.63) is 0 Å². The van der Waals surface area contributed by atoms with E-state index in [1.807, 2.05) is 13.8 Å². The van der Waals surface area contributed by atoms with Crippen molar-refractivity contribution in [2.24, 2.45) is 5.92 Å². The molecule has 2 aliphatic rings. The Balaban J connectivity index is 1.86. The molecule has 3 amide bonds. The fourth-order valence-electron chi connectivity index (χ4n) is 2.50. The molecule has 2 saturated heterocycles. The summed E-state index contributed by atoms with van der Waals surface area (Å²) in [5.41, 5.74) is 0. The van der Waals surface area contributed by atoms with Crippen LogP contribution in [0.25, 0.3) is 0 Å². The van der Waals surface area contributed by atoms with Crippen molar-refractivity contribution in [3.63, 3.8) is 0 Å². The molecule has 8 heteroatoms. The van der Waals surface area contributed by atoms with Gasteiger partial charge in [-0.3, -0.25) is 19.3 Å². The fourth-order valence-corrected chi connectivity index (χ4v) is 4.52. The summed E-state index contributed by atoms with van der Waals surface area (Å²) in [7, 11) is -3.18. The van der Waals surface area contributed by atoms with Crippen LogP contribution in [0, 0.1) is 5.92 Å². The van der Waals surface area contributed by atoms with Crippen LogP contribution in [0.2, 0.25) is 0 Å². The number of imide groups is 1. The van der Waals surface area contributed by atoms with Crippen LogP contribution < -0.4 is 0 Å². The highest BCUT2D eigenvalue weighted by Crippen LogP contribution is 2.20. The van der Waals surface area contributed by atoms with Crippen LogP contribution in [0.15, 0.2) is 0 Å². The molecule has 0 aliphatic carbocycles. The van der Waals surface area contributed by atoms with E-state index < -0.39 is 15.1 Å². The second-order valence-electron chi connectivity index (χ2n) is 6.02. The first-order chi connectivity index (χ1) is 9.70. The first-order valence-electron chi connectivity index (χ1n) is 7.03. The van der Waals surface area contributed by atoms with Gasteiger partial charge in [0.1, 0.15) is 6.54 Å². The molecule has 0 radical (unpaired) electrons. The summed E-state index contributed by atoms with van der Waals surface area (Å²) >= 11 is 0. The number of sulfone groups is 1. The molecular weight excluding hydrogens is 296 g/mol. The number of hydrogen-bond donors (Lipinski definition) is 0. The fraction of sp³-hybridized carbons (Fsp3) is 0.769. The van der Waals surface area contributed by atoms with Gasteiger partial charge in [0, 0.05) is 25.9 Å². The lowest BCUT2D eigenvalue weighted by molar-refractivity contribution is -0.146. The topological polar surface area (TPSA) is 91.8 Å². The Hall–Kier alpha value is -1.44. The highest BCUT2D eigenvalue weighted by Gasteiger charge is 2.41. The third kappa shape index (κ3) is 3.42. The molecule has 0 unspecified atom stereocenters. The molecule has 0 N–H and O–H groups in total. The summed E-state index contributed by atoms with van der Waals surface area (Å²) in [6, 6.07) is 0. The average Bonchev–Trinajstić information content (AvgIpc) is 2.56. The molecule has 2 aliphatic heterocycles. The van der Waals surface area contributed by atoms with Crippen molar-refractivity contribution in [1.82, 2.24) is 9.80 Å². The molecule has 0 aromatic carbocycles. The van der Waals surface area contributed by atoms with Gasteiger partial charge < -0.3 is 4.90 Å². The van der Waals surface area contributed by atoms with E-state index in [-0.39, 0.29) is 61.9 Å². The molecule has 118 valence electrons. The van der Waals surface area contributed by atoms with Crippen LogP contribution in [0.1, 0.15) is 26.7 Å². The number of hydrogen-bond acceptors (Lipinski definition) is 5. The molecule has 0 saturated carbocycles. The van der Waals surface area contributed by atoms with Gasteiger partial charge >= 0.3 is 0 Å². The Kier molecular flexibility index (Phi) is 4.36. The van der Waals surface area contributed by atoms with Crippen LogP contribution in [-0.2, 0) is 24.2 Å². The molecule has 7 nitrogen and oxygen atoms in total. The average molecular weight is 316 g/mol. The molecular formula is C13H20N2O5S. The molecule has 0 spiro atoms.